The molecule has 96 valence electrons. The molecule has 1 heterocycles. The van der Waals surface area contributed by atoms with Crippen LogP contribution in [0.5, 0.6) is 11.5 Å². The number of hydrogen-bond donors (Lipinski definition) is 1. The number of esters is 1. The van der Waals surface area contributed by atoms with Crippen molar-refractivity contribution in [2.75, 3.05) is 13.4 Å². The summed E-state index contributed by atoms with van der Waals surface area (Å²) in [4.78, 5) is 22.4. The Hall–Kier alpha value is -2.24. The lowest BCUT2D eigenvalue weighted by Gasteiger charge is -2.05. The van der Waals surface area contributed by atoms with Crippen LogP contribution in [0.4, 0.5) is 0 Å². The number of rotatable bonds is 3. The highest BCUT2D eigenvalue weighted by atomic mass is 16.7. The molecule has 6 nitrogen and oxygen atoms in total. The van der Waals surface area contributed by atoms with Crippen LogP contribution in [0.15, 0.2) is 18.2 Å². The van der Waals surface area contributed by atoms with Crippen LogP contribution in [-0.2, 0) is 20.9 Å². The average molecular weight is 251 g/mol. The van der Waals surface area contributed by atoms with E-state index in [-0.39, 0.29) is 19.9 Å². The summed E-state index contributed by atoms with van der Waals surface area (Å²) in [5, 5.41) is 2.46. The molecule has 0 atom stereocenters. The summed E-state index contributed by atoms with van der Waals surface area (Å²) in [5.74, 6) is -0.318. The monoisotopic (exact) mass is 251 g/mol. The van der Waals surface area contributed by atoms with Gasteiger partial charge >= 0.3 is 11.9 Å². The van der Waals surface area contributed by atoms with E-state index in [4.69, 9.17) is 9.47 Å². The van der Waals surface area contributed by atoms with Gasteiger partial charge in [-0.15, -0.1) is 0 Å². The third-order valence-electron chi connectivity index (χ3n) is 2.35. The molecule has 1 aliphatic heterocycles. The maximum Gasteiger partial charge on any atom is 0.396 e. The average Bonchev–Trinajstić information content (AvgIpc) is 2.83. The topological polar surface area (TPSA) is 73.9 Å². The van der Waals surface area contributed by atoms with Crippen molar-refractivity contribution in [1.29, 1.82) is 0 Å². The third-order valence-corrected chi connectivity index (χ3v) is 2.35. The second kappa shape index (κ2) is 5.39. The molecule has 1 N–H and O–H groups in total. The maximum absolute atomic E-state index is 11.3. The van der Waals surface area contributed by atoms with Gasteiger partial charge in [-0.3, -0.25) is 4.79 Å². The van der Waals surface area contributed by atoms with Gasteiger partial charge in [0.2, 0.25) is 6.79 Å². The predicted octanol–water partition coefficient (Wildman–Crippen LogP) is 0.595. The quantitative estimate of drug-likeness (QED) is 0.629. The Bertz CT molecular complexity index is 472. The number of fused-ring (bicyclic) bond motifs is 1. The molecule has 1 aliphatic rings. The highest BCUT2D eigenvalue weighted by molar-refractivity contribution is 6.32. The predicted molar refractivity (Wildman–Crippen MR) is 61.0 cm³/mol. The fraction of sp³-hybridized carbons (Fsp3) is 0.333. The normalized spacial score (nSPS) is 12.1. The second-order valence-corrected chi connectivity index (χ2v) is 3.59. The van der Waals surface area contributed by atoms with Crippen molar-refractivity contribution in [2.24, 2.45) is 0 Å². The Labute approximate surface area is 104 Å². The van der Waals surface area contributed by atoms with Crippen LogP contribution in [0.1, 0.15) is 12.5 Å². The Kier molecular flexibility index (Phi) is 3.66. The van der Waals surface area contributed by atoms with Crippen molar-refractivity contribution < 1.29 is 23.8 Å². The molecule has 0 spiro atoms. The van der Waals surface area contributed by atoms with Gasteiger partial charge in [0, 0.05) is 6.54 Å². The molecule has 1 aromatic rings. The molecule has 1 amide bonds. The third kappa shape index (κ3) is 2.71. The summed E-state index contributed by atoms with van der Waals surface area (Å²) in [6.45, 7) is 2.25. The first kappa shape index (κ1) is 12.2. The Morgan fingerprint density at radius 2 is 2.11 bits per heavy atom. The van der Waals surface area contributed by atoms with Crippen LogP contribution in [-0.4, -0.2) is 25.3 Å². The highest BCUT2D eigenvalue weighted by Crippen LogP contribution is 2.32. The molecule has 18 heavy (non-hydrogen) atoms. The fourth-order valence-electron chi connectivity index (χ4n) is 1.50. The Morgan fingerprint density at radius 3 is 2.89 bits per heavy atom. The molecular formula is C12H13NO5. The smallest absolute Gasteiger partial charge is 0.396 e. The molecule has 0 saturated heterocycles. The van der Waals surface area contributed by atoms with Gasteiger partial charge in [-0.05, 0) is 24.6 Å². The van der Waals surface area contributed by atoms with Crippen LogP contribution in [0.3, 0.4) is 0 Å². The van der Waals surface area contributed by atoms with Crippen LogP contribution >= 0.6 is 0 Å². The van der Waals surface area contributed by atoms with Gasteiger partial charge in [-0.25, -0.2) is 4.79 Å². The van der Waals surface area contributed by atoms with Crippen molar-refractivity contribution in [3.8, 4) is 11.5 Å². The van der Waals surface area contributed by atoms with Gasteiger partial charge in [0.25, 0.3) is 0 Å². The van der Waals surface area contributed by atoms with E-state index in [9.17, 15) is 9.59 Å². The summed E-state index contributed by atoms with van der Waals surface area (Å²) in [5.41, 5.74) is 0.817. The van der Waals surface area contributed by atoms with Gasteiger partial charge in [0.15, 0.2) is 11.5 Å². The standard InChI is InChI=1S/C12H13NO5/c1-2-16-12(15)11(14)13-6-8-3-4-9-10(5-8)18-7-17-9/h3-5H,2,6-7H2,1H3,(H,13,14). The molecule has 0 saturated carbocycles. The SMILES string of the molecule is CCOC(=O)C(=O)NCc1ccc2c(c1)OCO2. The number of nitrogens with one attached hydrogen (secondary N) is 1. The van der Waals surface area contributed by atoms with E-state index >= 15 is 0 Å². The number of amides is 1. The summed E-state index contributed by atoms with van der Waals surface area (Å²) in [7, 11) is 0. The van der Waals surface area contributed by atoms with E-state index in [0.717, 1.165) is 5.56 Å². The lowest BCUT2D eigenvalue weighted by atomic mass is 10.2. The summed E-state index contributed by atoms with van der Waals surface area (Å²) >= 11 is 0. The van der Waals surface area contributed by atoms with Gasteiger partial charge in [-0.1, -0.05) is 6.07 Å². The molecule has 0 fully saturated rings. The van der Waals surface area contributed by atoms with Crippen LogP contribution in [0, 0.1) is 0 Å². The van der Waals surface area contributed by atoms with Gasteiger partial charge < -0.3 is 19.5 Å². The van der Waals surface area contributed by atoms with Gasteiger partial charge in [0.05, 0.1) is 6.61 Å². The van der Waals surface area contributed by atoms with E-state index in [1.54, 1.807) is 25.1 Å². The molecule has 0 unspecified atom stereocenters. The van der Waals surface area contributed by atoms with E-state index in [0.29, 0.717) is 11.5 Å². The number of ether oxygens (including phenoxy) is 3. The first-order valence-electron chi connectivity index (χ1n) is 5.54. The number of hydrogen-bond acceptors (Lipinski definition) is 5. The van der Waals surface area contributed by atoms with Crippen molar-refractivity contribution in [1.82, 2.24) is 5.32 Å². The zero-order valence-electron chi connectivity index (χ0n) is 9.89. The molecular weight excluding hydrogens is 238 g/mol. The zero-order chi connectivity index (χ0) is 13.0. The number of carbonyl (C=O) groups is 2. The van der Waals surface area contributed by atoms with Crippen molar-refractivity contribution >= 4 is 11.9 Å². The second-order valence-electron chi connectivity index (χ2n) is 3.59. The first-order valence-corrected chi connectivity index (χ1v) is 5.54. The molecule has 0 radical (unpaired) electrons. The highest BCUT2D eigenvalue weighted by Gasteiger charge is 2.16. The summed E-state index contributed by atoms with van der Waals surface area (Å²) < 4.78 is 14.9. The van der Waals surface area contributed by atoms with E-state index < -0.39 is 11.9 Å². The largest absolute Gasteiger partial charge is 0.459 e. The number of benzene rings is 1. The Morgan fingerprint density at radius 1 is 1.33 bits per heavy atom. The van der Waals surface area contributed by atoms with Crippen molar-refractivity contribution in [2.45, 2.75) is 13.5 Å². The minimum Gasteiger partial charge on any atom is -0.459 e. The Balaban J connectivity index is 1.90. The van der Waals surface area contributed by atoms with E-state index in [1.165, 1.54) is 0 Å². The molecule has 0 bridgehead atoms. The molecule has 2 rings (SSSR count). The van der Waals surface area contributed by atoms with Gasteiger partial charge in [-0.2, -0.15) is 0 Å². The zero-order valence-corrected chi connectivity index (χ0v) is 9.89. The summed E-state index contributed by atoms with van der Waals surface area (Å²) in [6, 6.07) is 5.31. The number of carbonyl (C=O) groups excluding carboxylic acids is 2. The maximum atomic E-state index is 11.3. The first-order chi connectivity index (χ1) is 8.70. The summed E-state index contributed by atoms with van der Waals surface area (Å²) in [6.07, 6.45) is 0. The molecule has 6 heteroatoms. The van der Waals surface area contributed by atoms with Crippen LogP contribution < -0.4 is 14.8 Å². The lowest BCUT2D eigenvalue weighted by molar-refractivity contribution is -0.154. The van der Waals surface area contributed by atoms with Crippen LogP contribution in [0.2, 0.25) is 0 Å². The van der Waals surface area contributed by atoms with E-state index in [2.05, 4.69) is 10.1 Å². The van der Waals surface area contributed by atoms with Crippen LogP contribution in [0.25, 0.3) is 0 Å². The van der Waals surface area contributed by atoms with Crippen molar-refractivity contribution in [3.05, 3.63) is 23.8 Å². The minimum atomic E-state index is -0.877. The van der Waals surface area contributed by atoms with Crippen molar-refractivity contribution in [3.63, 3.8) is 0 Å². The van der Waals surface area contributed by atoms with E-state index in [1.807, 2.05) is 0 Å². The molecule has 0 aromatic heterocycles. The lowest BCUT2D eigenvalue weighted by Crippen LogP contribution is -2.32. The van der Waals surface area contributed by atoms with Gasteiger partial charge in [0.1, 0.15) is 0 Å². The molecule has 0 aliphatic carbocycles. The minimum absolute atomic E-state index is 0.177. The molecule has 1 aromatic carbocycles. The fourth-order valence-corrected chi connectivity index (χ4v) is 1.50.